The first-order chi connectivity index (χ1) is 12.2. The predicted octanol–water partition coefficient (Wildman–Crippen LogP) is 4.01. The molecule has 2 aromatic carbocycles. The minimum absolute atomic E-state index is 0.0942. The Kier molecular flexibility index (Phi) is 3.91. The molecule has 4 rings (SSSR count). The number of carbonyl (C=O) groups is 1. The van der Waals surface area contributed by atoms with Crippen molar-refractivity contribution in [1.29, 1.82) is 0 Å². The maximum atomic E-state index is 12.2. The Hall–Kier alpha value is -3.19. The average molecular weight is 352 g/mol. The number of hydrogen-bond acceptors (Lipinski definition) is 7. The van der Waals surface area contributed by atoms with E-state index >= 15 is 0 Å². The fourth-order valence-electron chi connectivity index (χ4n) is 2.44. The molecule has 0 unspecified atom stereocenters. The zero-order valence-electron chi connectivity index (χ0n) is 12.9. The molecule has 124 valence electrons. The number of carbonyl (C=O) groups excluding carboxylic acids is 1. The third-order valence-corrected chi connectivity index (χ3v) is 4.52. The van der Waals surface area contributed by atoms with Crippen LogP contribution in [0.4, 0.5) is 0 Å². The molecule has 0 saturated carbocycles. The molecule has 0 atom stereocenters. The number of aromatic nitrogens is 2. The van der Waals surface area contributed by atoms with E-state index < -0.39 is 5.97 Å². The van der Waals surface area contributed by atoms with Crippen molar-refractivity contribution in [2.24, 2.45) is 0 Å². The quantitative estimate of drug-likeness (QED) is 0.559. The van der Waals surface area contributed by atoms with Gasteiger partial charge in [0.25, 0.3) is 5.89 Å². The number of ether oxygens (including phenoxy) is 1. The summed E-state index contributed by atoms with van der Waals surface area (Å²) in [5.74, 6) is -0.112. The van der Waals surface area contributed by atoms with Crippen LogP contribution in [-0.4, -0.2) is 21.2 Å². The maximum Gasteiger partial charge on any atom is 0.342 e. The molecule has 0 aliphatic carbocycles. The van der Waals surface area contributed by atoms with Crippen LogP contribution in [-0.2, 0) is 11.3 Å². The average Bonchev–Trinajstić information content (AvgIpc) is 3.31. The zero-order valence-corrected chi connectivity index (χ0v) is 13.7. The van der Waals surface area contributed by atoms with Crippen LogP contribution in [0.3, 0.4) is 0 Å². The Morgan fingerprint density at radius 3 is 2.88 bits per heavy atom. The number of hydrogen-bond donors (Lipinski definition) is 1. The third-order valence-electron chi connectivity index (χ3n) is 3.66. The van der Waals surface area contributed by atoms with Crippen molar-refractivity contribution in [1.82, 2.24) is 10.1 Å². The fourth-order valence-corrected chi connectivity index (χ4v) is 3.09. The molecular weight excluding hydrogens is 340 g/mol. The van der Waals surface area contributed by atoms with Crippen molar-refractivity contribution in [2.45, 2.75) is 6.61 Å². The fraction of sp³-hybridized carbons (Fsp3) is 0.0556. The molecule has 0 fully saturated rings. The molecule has 0 aliphatic heterocycles. The standard InChI is InChI=1S/C18H12N2O4S/c21-16-12-5-2-1-4-11(12)7-8-13(16)18(22)23-10-15-19-17(20-24-15)14-6-3-9-25-14/h1-9,21H,10H2. The summed E-state index contributed by atoms with van der Waals surface area (Å²) in [4.78, 5) is 17.3. The summed E-state index contributed by atoms with van der Waals surface area (Å²) < 4.78 is 10.3. The van der Waals surface area contributed by atoms with Crippen LogP contribution in [0.5, 0.6) is 5.75 Å². The molecule has 1 N–H and O–H groups in total. The molecule has 4 aromatic rings. The topological polar surface area (TPSA) is 85.5 Å². The van der Waals surface area contributed by atoms with Gasteiger partial charge in [0.15, 0.2) is 6.61 Å². The molecule has 25 heavy (non-hydrogen) atoms. The van der Waals surface area contributed by atoms with Gasteiger partial charge in [0.2, 0.25) is 5.82 Å². The summed E-state index contributed by atoms with van der Waals surface area (Å²) in [6.07, 6.45) is 0. The van der Waals surface area contributed by atoms with Crippen molar-refractivity contribution in [3.05, 3.63) is 65.4 Å². The number of thiophene rings is 1. The summed E-state index contributed by atoms with van der Waals surface area (Å²) in [5.41, 5.74) is 0.0942. The van der Waals surface area contributed by atoms with E-state index in [1.54, 1.807) is 18.2 Å². The van der Waals surface area contributed by atoms with Crippen molar-refractivity contribution in [3.63, 3.8) is 0 Å². The largest absolute Gasteiger partial charge is 0.506 e. The molecular formula is C18H12N2O4S. The van der Waals surface area contributed by atoms with E-state index in [1.165, 1.54) is 17.4 Å². The van der Waals surface area contributed by atoms with Crippen LogP contribution < -0.4 is 0 Å². The summed E-state index contributed by atoms with van der Waals surface area (Å²) in [5, 5.41) is 17.5. The number of fused-ring (bicyclic) bond motifs is 1. The van der Waals surface area contributed by atoms with Gasteiger partial charge >= 0.3 is 5.97 Å². The van der Waals surface area contributed by atoms with E-state index in [9.17, 15) is 9.90 Å². The zero-order chi connectivity index (χ0) is 17.2. The third kappa shape index (κ3) is 2.97. The molecule has 2 heterocycles. The highest BCUT2D eigenvalue weighted by molar-refractivity contribution is 7.13. The Balaban J connectivity index is 1.50. The van der Waals surface area contributed by atoms with E-state index in [-0.39, 0.29) is 23.8 Å². The van der Waals surface area contributed by atoms with Gasteiger partial charge in [0.1, 0.15) is 11.3 Å². The molecule has 0 aliphatic rings. The van der Waals surface area contributed by atoms with Gasteiger partial charge in [-0.05, 0) is 22.9 Å². The van der Waals surface area contributed by atoms with Gasteiger partial charge in [0.05, 0.1) is 4.88 Å². The van der Waals surface area contributed by atoms with E-state index in [0.717, 1.165) is 10.3 Å². The highest BCUT2D eigenvalue weighted by Crippen LogP contribution is 2.29. The lowest BCUT2D eigenvalue weighted by atomic mass is 10.1. The highest BCUT2D eigenvalue weighted by Gasteiger charge is 2.17. The van der Waals surface area contributed by atoms with Crippen molar-refractivity contribution >= 4 is 28.1 Å². The first-order valence-corrected chi connectivity index (χ1v) is 8.34. The monoisotopic (exact) mass is 352 g/mol. The van der Waals surface area contributed by atoms with Crippen LogP contribution in [0.25, 0.3) is 21.5 Å². The number of phenolic OH excluding ortho intramolecular Hbond substituents is 1. The predicted molar refractivity (Wildman–Crippen MR) is 92.3 cm³/mol. The number of nitrogens with zero attached hydrogens (tertiary/aromatic N) is 2. The molecule has 0 radical (unpaired) electrons. The lowest BCUT2D eigenvalue weighted by Gasteiger charge is -2.07. The number of esters is 1. The van der Waals surface area contributed by atoms with E-state index in [4.69, 9.17) is 9.26 Å². The summed E-state index contributed by atoms with van der Waals surface area (Å²) in [6.45, 7) is -0.163. The van der Waals surface area contributed by atoms with Crippen molar-refractivity contribution in [2.75, 3.05) is 0 Å². The summed E-state index contributed by atoms with van der Waals surface area (Å²) >= 11 is 1.49. The van der Waals surface area contributed by atoms with Crippen LogP contribution in [0.2, 0.25) is 0 Å². The van der Waals surface area contributed by atoms with Gasteiger partial charge in [-0.25, -0.2) is 4.79 Å². The molecule has 0 spiro atoms. The van der Waals surface area contributed by atoms with E-state index in [0.29, 0.717) is 11.2 Å². The smallest absolute Gasteiger partial charge is 0.342 e. The Bertz CT molecular complexity index is 1040. The number of benzene rings is 2. The molecule has 6 nitrogen and oxygen atoms in total. The minimum Gasteiger partial charge on any atom is -0.506 e. The molecule has 0 bridgehead atoms. The van der Waals surface area contributed by atoms with Crippen LogP contribution in [0.15, 0.2) is 58.4 Å². The lowest BCUT2D eigenvalue weighted by Crippen LogP contribution is -2.06. The highest BCUT2D eigenvalue weighted by atomic mass is 32.1. The maximum absolute atomic E-state index is 12.2. The molecule has 2 aromatic heterocycles. The Morgan fingerprint density at radius 1 is 1.16 bits per heavy atom. The number of phenols is 1. The lowest BCUT2D eigenvalue weighted by molar-refractivity contribution is 0.0427. The van der Waals surface area contributed by atoms with E-state index in [2.05, 4.69) is 10.1 Å². The Morgan fingerprint density at radius 2 is 2.04 bits per heavy atom. The first-order valence-electron chi connectivity index (χ1n) is 7.46. The normalized spacial score (nSPS) is 10.9. The van der Waals surface area contributed by atoms with Crippen LogP contribution in [0.1, 0.15) is 16.2 Å². The second kappa shape index (κ2) is 6.37. The van der Waals surface area contributed by atoms with Gasteiger partial charge < -0.3 is 14.4 Å². The van der Waals surface area contributed by atoms with E-state index in [1.807, 2.05) is 29.6 Å². The first kappa shape index (κ1) is 15.3. The molecule has 0 amide bonds. The summed E-state index contributed by atoms with van der Waals surface area (Å²) in [6, 6.07) is 14.3. The van der Waals surface area contributed by atoms with Gasteiger partial charge in [0, 0.05) is 5.39 Å². The minimum atomic E-state index is -0.654. The van der Waals surface area contributed by atoms with Crippen LogP contribution >= 0.6 is 11.3 Å². The Labute approximate surface area is 146 Å². The molecule has 7 heteroatoms. The SMILES string of the molecule is O=C(OCc1nc(-c2cccs2)no1)c1ccc2ccccc2c1O. The van der Waals surface area contributed by atoms with Gasteiger partial charge in [-0.15, -0.1) is 11.3 Å². The van der Waals surface area contributed by atoms with Gasteiger partial charge in [-0.3, -0.25) is 0 Å². The number of aromatic hydroxyl groups is 1. The van der Waals surface area contributed by atoms with Crippen molar-refractivity contribution < 1.29 is 19.2 Å². The van der Waals surface area contributed by atoms with Gasteiger partial charge in [-0.2, -0.15) is 4.98 Å². The molecule has 0 saturated heterocycles. The summed E-state index contributed by atoms with van der Waals surface area (Å²) in [7, 11) is 0. The van der Waals surface area contributed by atoms with Crippen LogP contribution in [0, 0.1) is 0 Å². The second-order valence-electron chi connectivity index (χ2n) is 5.25. The van der Waals surface area contributed by atoms with Crippen molar-refractivity contribution in [3.8, 4) is 16.5 Å². The second-order valence-corrected chi connectivity index (χ2v) is 6.20. The van der Waals surface area contributed by atoms with Gasteiger partial charge in [-0.1, -0.05) is 41.6 Å². The number of rotatable bonds is 4.